The Morgan fingerprint density at radius 2 is 1.82 bits per heavy atom. The summed E-state index contributed by atoms with van der Waals surface area (Å²) in [5.41, 5.74) is 0.969. The van der Waals surface area contributed by atoms with Crippen molar-refractivity contribution in [3.05, 3.63) is 30.3 Å². The predicted octanol–water partition coefficient (Wildman–Crippen LogP) is 0.735. The van der Waals surface area contributed by atoms with E-state index in [1.54, 1.807) is 0 Å². The minimum atomic E-state index is -0.257. The molecule has 3 fully saturated rings. The number of ether oxygens (including phenoxy) is 1. The highest BCUT2D eigenvalue weighted by Gasteiger charge is 2.39. The molecular formula is C20H29ClN4O3. The lowest BCUT2D eigenvalue weighted by Crippen LogP contribution is -2.60. The first-order valence-electron chi connectivity index (χ1n) is 9.89. The van der Waals surface area contributed by atoms with E-state index in [0.29, 0.717) is 26.2 Å². The summed E-state index contributed by atoms with van der Waals surface area (Å²) in [5, 5.41) is 3.27. The maximum Gasteiger partial charge on any atom is 0.244 e. The van der Waals surface area contributed by atoms with Crippen molar-refractivity contribution in [1.29, 1.82) is 0 Å². The van der Waals surface area contributed by atoms with Gasteiger partial charge in [0, 0.05) is 45.0 Å². The summed E-state index contributed by atoms with van der Waals surface area (Å²) in [6.07, 6.45) is 0.747. The van der Waals surface area contributed by atoms with Crippen molar-refractivity contribution in [1.82, 2.24) is 15.1 Å². The summed E-state index contributed by atoms with van der Waals surface area (Å²) < 4.78 is 5.60. The van der Waals surface area contributed by atoms with Crippen molar-refractivity contribution >= 4 is 29.9 Å². The van der Waals surface area contributed by atoms with Gasteiger partial charge in [-0.15, -0.1) is 12.4 Å². The quantitative estimate of drug-likeness (QED) is 0.799. The fourth-order valence-electron chi connectivity index (χ4n) is 4.33. The zero-order valence-electron chi connectivity index (χ0n) is 16.3. The highest BCUT2D eigenvalue weighted by Crippen LogP contribution is 2.25. The molecule has 0 spiro atoms. The average molecular weight is 409 g/mol. The maximum atomic E-state index is 12.9. The zero-order valence-corrected chi connectivity index (χ0v) is 17.1. The number of nitrogens with zero attached hydrogens (tertiary/aromatic N) is 3. The Morgan fingerprint density at radius 1 is 1.11 bits per heavy atom. The van der Waals surface area contributed by atoms with Crippen molar-refractivity contribution < 1.29 is 14.3 Å². The second-order valence-electron chi connectivity index (χ2n) is 7.50. The number of benzene rings is 1. The summed E-state index contributed by atoms with van der Waals surface area (Å²) in [6, 6.07) is 9.53. The molecule has 0 aliphatic carbocycles. The molecule has 0 bridgehead atoms. The van der Waals surface area contributed by atoms with Gasteiger partial charge >= 0.3 is 0 Å². The number of morpholine rings is 1. The van der Waals surface area contributed by atoms with E-state index in [1.807, 2.05) is 47.1 Å². The van der Waals surface area contributed by atoms with E-state index >= 15 is 0 Å². The molecule has 4 rings (SSSR count). The second kappa shape index (κ2) is 9.22. The Bertz CT molecular complexity index is 681. The van der Waals surface area contributed by atoms with Gasteiger partial charge in [-0.2, -0.15) is 0 Å². The number of nitrogens with one attached hydrogen (secondary N) is 1. The van der Waals surface area contributed by atoms with Gasteiger partial charge in [-0.25, -0.2) is 0 Å². The molecule has 0 aromatic heterocycles. The van der Waals surface area contributed by atoms with Crippen molar-refractivity contribution in [2.45, 2.75) is 31.5 Å². The third-order valence-corrected chi connectivity index (χ3v) is 5.89. The third-order valence-electron chi connectivity index (χ3n) is 5.89. The number of para-hydroxylation sites is 1. The molecule has 3 aliphatic rings. The van der Waals surface area contributed by atoms with Crippen LogP contribution in [0.1, 0.15) is 13.3 Å². The van der Waals surface area contributed by atoms with Gasteiger partial charge in [-0.3, -0.25) is 14.5 Å². The fourth-order valence-corrected chi connectivity index (χ4v) is 4.33. The van der Waals surface area contributed by atoms with Crippen LogP contribution in [0.3, 0.4) is 0 Å². The van der Waals surface area contributed by atoms with Gasteiger partial charge in [0.2, 0.25) is 11.8 Å². The molecule has 0 radical (unpaired) electrons. The van der Waals surface area contributed by atoms with E-state index in [9.17, 15) is 9.59 Å². The van der Waals surface area contributed by atoms with E-state index in [-0.39, 0.29) is 42.4 Å². The first-order chi connectivity index (χ1) is 13.1. The highest BCUT2D eigenvalue weighted by molar-refractivity contribution is 5.99. The van der Waals surface area contributed by atoms with Crippen LogP contribution in [-0.2, 0) is 14.3 Å². The Morgan fingerprint density at radius 3 is 2.50 bits per heavy atom. The van der Waals surface area contributed by atoms with E-state index in [2.05, 4.69) is 10.2 Å². The maximum absolute atomic E-state index is 12.9. The van der Waals surface area contributed by atoms with Crippen LogP contribution in [0.2, 0.25) is 0 Å². The molecular weight excluding hydrogens is 380 g/mol. The number of hydrogen-bond acceptors (Lipinski definition) is 5. The lowest BCUT2D eigenvalue weighted by atomic mass is 10.1. The smallest absolute Gasteiger partial charge is 0.244 e. The summed E-state index contributed by atoms with van der Waals surface area (Å²) >= 11 is 0. The molecule has 8 heteroatoms. The number of rotatable bonds is 3. The number of piperazine rings is 1. The molecule has 7 nitrogen and oxygen atoms in total. The van der Waals surface area contributed by atoms with Crippen LogP contribution in [0.25, 0.3) is 0 Å². The van der Waals surface area contributed by atoms with Crippen LogP contribution in [0, 0.1) is 0 Å². The van der Waals surface area contributed by atoms with Crippen LogP contribution in [-0.4, -0.2) is 85.7 Å². The average Bonchev–Trinajstić information content (AvgIpc) is 3.10. The van der Waals surface area contributed by atoms with E-state index in [0.717, 1.165) is 31.7 Å². The van der Waals surface area contributed by atoms with E-state index in [1.165, 1.54) is 0 Å². The molecule has 3 aliphatic heterocycles. The molecule has 3 atom stereocenters. The number of amides is 2. The van der Waals surface area contributed by atoms with Gasteiger partial charge in [0.25, 0.3) is 0 Å². The lowest BCUT2D eigenvalue weighted by molar-refractivity contribution is -0.141. The summed E-state index contributed by atoms with van der Waals surface area (Å²) in [4.78, 5) is 31.7. The standard InChI is InChI=1S/C20H28N4O3.ClH/c1-15-18(21-8-14-27-15)20(26)23-12-10-22(11-13-23)17-7-9-24(19(17)25)16-5-3-2-4-6-16;/h2-6,15,17-18,21H,7-14H2,1H3;1H/t15-,17?,18+;/m1./s1. The largest absolute Gasteiger partial charge is 0.375 e. The Kier molecular flexibility index (Phi) is 6.93. The molecule has 1 aromatic carbocycles. The SMILES string of the molecule is C[C@H]1OCCN[C@@H]1C(=O)N1CCN(C2CCN(c3ccccc3)C2=O)CC1.Cl. The van der Waals surface area contributed by atoms with Gasteiger partial charge < -0.3 is 19.9 Å². The minimum Gasteiger partial charge on any atom is -0.375 e. The lowest BCUT2D eigenvalue weighted by Gasteiger charge is -2.40. The third kappa shape index (κ3) is 4.17. The van der Waals surface area contributed by atoms with Crippen LogP contribution in [0.4, 0.5) is 5.69 Å². The molecule has 2 amide bonds. The zero-order chi connectivity index (χ0) is 18.8. The summed E-state index contributed by atoms with van der Waals surface area (Å²) in [7, 11) is 0. The molecule has 3 heterocycles. The number of anilines is 1. The summed E-state index contributed by atoms with van der Waals surface area (Å²) in [5.74, 6) is 0.294. The van der Waals surface area contributed by atoms with Crippen LogP contribution >= 0.6 is 12.4 Å². The van der Waals surface area contributed by atoms with Crippen molar-refractivity contribution in [2.75, 3.05) is 50.8 Å². The van der Waals surface area contributed by atoms with Gasteiger partial charge in [-0.05, 0) is 25.5 Å². The van der Waals surface area contributed by atoms with Gasteiger partial charge in [-0.1, -0.05) is 18.2 Å². The minimum absolute atomic E-state index is 0. The highest BCUT2D eigenvalue weighted by atomic mass is 35.5. The van der Waals surface area contributed by atoms with Crippen molar-refractivity contribution in [3.8, 4) is 0 Å². The molecule has 3 saturated heterocycles. The van der Waals surface area contributed by atoms with E-state index in [4.69, 9.17) is 4.74 Å². The van der Waals surface area contributed by atoms with Gasteiger partial charge in [0.05, 0.1) is 18.8 Å². The molecule has 154 valence electrons. The predicted molar refractivity (Wildman–Crippen MR) is 110 cm³/mol. The van der Waals surface area contributed by atoms with E-state index < -0.39 is 0 Å². The molecule has 1 unspecified atom stereocenters. The normalized spacial score (nSPS) is 28.9. The van der Waals surface area contributed by atoms with Crippen molar-refractivity contribution in [3.63, 3.8) is 0 Å². The number of halogens is 1. The first-order valence-corrected chi connectivity index (χ1v) is 9.89. The van der Waals surface area contributed by atoms with Crippen LogP contribution < -0.4 is 10.2 Å². The fraction of sp³-hybridized carbons (Fsp3) is 0.600. The first kappa shape index (κ1) is 21.0. The number of carbonyl (C=O) groups is 2. The monoisotopic (exact) mass is 408 g/mol. The molecule has 1 N–H and O–H groups in total. The number of carbonyl (C=O) groups excluding carboxylic acids is 2. The Balaban J connectivity index is 0.00000225. The molecule has 0 saturated carbocycles. The molecule has 28 heavy (non-hydrogen) atoms. The van der Waals surface area contributed by atoms with Crippen molar-refractivity contribution in [2.24, 2.45) is 0 Å². The molecule has 1 aromatic rings. The Hall–Kier alpha value is -1.67. The topological polar surface area (TPSA) is 65.1 Å². The number of hydrogen-bond donors (Lipinski definition) is 1. The van der Waals surface area contributed by atoms with Gasteiger partial charge in [0.15, 0.2) is 0 Å². The van der Waals surface area contributed by atoms with Crippen LogP contribution in [0.5, 0.6) is 0 Å². The van der Waals surface area contributed by atoms with Gasteiger partial charge in [0.1, 0.15) is 6.04 Å². The summed E-state index contributed by atoms with van der Waals surface area (Å²) in [6.45, 7) is 6.89. The van der Waals surface area contributed by atoms with Crippen LogP contribution in [0.15, 0.2) is 30.3 Å². The second-order valence-corrected chi connectivity index (χ2v) is 7.50. The Labute approximate surface area is 172 Å².